The number of benzene rings is 1. The van der Waals surface area contributed by atoms with Crippen LogP contribution in [-0.4, -0.2) is 36.8 Å². The number of nitrogens with zero attached hydrogens (tertiary/aromatic N) is 1. The third kappa shape index (κ3) is 2.05. The predicted molar refractivity (Wildman–Crippen MR) is 58.5 cm³/mol. The maximum Gasteiger partial charge on any atom is 0.263 e. The molecular formula is C12H13NO3. The summed E-state index contributed by atoms with van der Waals surface area (Å²) in [7, 11) is 1.76. The van der Waals surface area contributed by atoms with Crippen LogP contribution in [0.3, 0.4) is 0 Å². The molecule has 1 amide bonds. The average molecular weight is 219 g/mol. The van der Waals surface area contributed by atoms with Gasteiger partial charge in [0.1, 0.15) is 12.0 Å². The minimum atomic E-state index is -0.410. The van der Waals surface area contributed by atoms with E-state index in [1.54, 1.807) is 36.2 Å². The van der Waals surface area contributed by atoms with Crippen molar-refractivity contribution in [2.75, 3.05) is 13.6 Å². The van der Waals surface area contributed by atoms with Crippen LogP contribution in [-0.2, 0) is 4.79 Å². The molecule has 1 aromatic carbocycles. The van der Waals surface area contributed by atoms with Crippen LogP contribution in [0.25, 0.3) is 0 Å². The lowest BCUT2D eigenvalue weighted by atomic mass is 10.2. The second kappa shape index (κ2) is 4.35. The van der Waals surface area contributed by atoms with Crippen molar-refractivity contribution in [3.8, 4) is 5.75 Å². The first-order valence-corrected chi connectivity index (χ1v) is 5.17. The highest BCUT2D eigenvalue weighted by atomic mass is 16.5. The third-order valence-electron chi connectivity index (χ3n) is 2.65. The van der Waals surface area contributed by atoms with E-state index in [9.17, 15) is 9.59 Å². The molecule has 1 aliphatic heterocycles. The molecule has 1 aromatic rings. The largest absolute Gasteiger partial charge is 0.481 e. The van der Waals surface area contributed by atoms with E-state index in [4.69, 9.17) is 4.74 Å². The number of amides is 1. The normalized spacial score (nSPS) is 19.9. The summed E-state index contributed by atoms with van der Waals surface area (Å²) >= 11 is 0. The Labute approximate surface area is 93.8 Å². The SMILES string of the molecule is CN1CCC(Oc2cccc(C=O)c2)C1=O. The molecule has 0 aliphatic carbocycles. The molecule has 1 saturated heterocycles. The van der Waals surface area contributed by atoms with Gasteiger partial charge >= 0.3 is 0 Å². The average Bonchev–Trinajstić information content (AvgIpc) is 2.61. The van der Waals surface area contributed by atoms with Crippen LogP contribution in [0.5, 0.6) is 5.75 Å². The molecule has 1 heterocycles. The summed E-state index contributed by atoms with van der Waals surface area (Å²) < 4.78 is 5.55. The van der Waals surface area contributed by atoms with Gasteiger partial charge < -0.3 is 9.64 Å². The number of likely N-dealkylation sites (tertiary alicyclic amines) is 1. The van der Waals surface area contributed by atoms with E-state index in [2.05, 4.69) is 0 Å². The molecular weight excluding hydrogens is 206 g/mol. The minimum Gasteiger partial charge on any atom is -0.481 e. The zero-order valence-corrected chi connectivity index (χ0v) is 9.05. The molecule has 2 rings (SSSR count). The maximum absolute atomic E-state index is 11.6. The first-order chi connectivity index (χ1) is 7.70. The highest BCUT2D eigenvalue weighted by molar-refractivity contribution is 5.83. The Morgan fingerprint density at radius 3 is 2.94 bits per heavy atom. The molecule has 1 aliphatic rings. The molecule has 4 heteroatoms. The van der Waals surface area contributed by atoms with E-state index >= 15 is 0 Å². The maximum atomic E-state index is 11.6. The van der Waals surface area contributed by atoms with Crippen LogP contribution in [0.2, 0.25) is 0 Å². The van der Waals surface area contributed by atoms with E-state index in [1.165, 1.54) is 0 Å². The summed E-state index contributed by atoms with van der Waals surface area (Å²) in [6.07, 6.45) is 1.04. The number of rotatable bonds is 3. The van der Waals surface area contributed by atoms with Crippen LogP contribution in [0.15, 0.2) is 24.3 Å². The minimum absolute atomic E-state index is 0.00324. The van der Waals surface area contributed by atoms with Crippen molar-refractivity contribution in [1.82, 2.24) is 4.90 Å². The number of ether oxygens (including phenoxy) is 1. The Balaban J connectivity index is 2.09. The van der Waals surface area contributed by atoms with Crippen LogP contribution in [0, 0.1) is 0 Å². The summed E-state index contributed by atoms with van der Waals surface area (Å²) in [5.41, 5.74) is 0.552. The van der Waals surface area contributed by atoms with E-state index in [0.717, 1.165) is 12.8 Å². The lowest BCUT2D eigenvalue weighted by molar-refractivity contribution is -0.132. The summed E-state index contributed by atoms with van der Waals surface area (Å²) in [6, 6.07) is 6.82. The topological polar surface area (TPSA) is 46.6 Å². The zero-order chi connectivity index (χ0) is 11.5. The Bertz CT molecular complexity index is 416. The van der Waals surface area contributed by atoms with Crippen molar-refractivity contribution in [1.29, 1.82) is 0 Å². The fraction of sp³-hybridized carbons (Fsp3) is 0.333. The van der Waals surface area contributed by atoms with E-state index in [1.807, 2.05) is 0 Å². The molecule has 0 bridgehead atoms. The van der Waals surface area contributed by atoms with E-state index in [-0.39, 0.29) is 5.91 Å². The van der Waals surface area contributed by atoms with Crippen LogP contribution in [0.1, 0.15) is 16.8 Å². The Morgan fingerprint density at radius 1 is 1.50 bits per heavy atom. The number of carbonyl (C=O) groups excluding carboxylic acids is 2. The second-order valence-corrected chi connectivity index (χ2v) is 3.85. The van der Waals surface area contributed by atoms with Gasteiger partial charge in [0.25, 0.3) is 5.91 Å². The number of likely N-dealkylation sites (N-methyl/N-ethyl adjacent to an activating group) is 1. The fourth-order valence-corrected chi connectivity index (χ4v) is 1.73. The second-order valence-electron chi connectivity index (χ2n) is 3.85. The van der Waals surface area contributed by atoms with Crippen molar-refractivity contribution in [2.45, 2.75) is 12.5 Å². The summed E-state index contributed by atoms with van der Waals surface area (Å²) in [5.74, 6) is 0.565. The zero-order valence-electron chi connectivity index (χ0n) is 9.05. The molecule has 0 N–H and O–H groups in total. The van der Waals surface area contributed by atoms with Crippen molar-refractivity contribution < 1.29 is 14.3 Å². The molecule has 0 aromatic heterocycles. The number of hydrogen-bond acceptors (Lipinski definition) is 3. The van der Waals surface area contributed by atoms with Gasteiger partial charge in [-0.05, 0) is 12.1 Å². The van der Waals surface area contributed by atoms with Crippen molar-refractivity contribution in [2.24, 2.45) is 0 Å². The Morgan fingerprint density at radius 2 is 2.31 bits per heavy atom. The van der Waals surface area contributed by atoms with Crippen LogP contribution >= 0.6 is 0 Å². The van der Waals surface area contributed by atoms with Gasteiger partial charge in [0.2, 0.25) is 0 Å². The molecule has 1 fully saturated rings. The van der Waals surface area contributed by atoms with Crippen molar-refractivity contribution >= 4 is 12.2 Å². The van der Waals surface area contributed by atoms with Crippen molar-refractivity contribution in [3.63, 3.8) is 0 Å². The molecule has 0 saturated carbocycles. The van der Waals surface area contributed by atoms with Crippen molar-refractivity contribution in [3.05, 3.63) is 29.8 Å². The molecule has 16 heavy (non-hydrogen) atoms. The molecule has 1 unspecified atom stereocenters. The van der Waals surface area contributed by atoms with Gasteiger partial charge in [-0.25, -0.2) is 0 Å². The van der Waals surface area contributed by atoms with Gasteiger partial charge in [-0.1, -0.05) is 12.1 Å². The van der Waals surface area contributed by atoms with Crippen LogP contribution < -0.4 is 4.74 Å². The summed E-state index contributed by atoms with van der Waals surface area (Å²) in [4.78, 5) is 23.8. The van der Waals surface area contributed by atoms with Crippen LogP contribution in [0.4, 0.5) is 0 Å². The molecule has 84 valence electrons. The summed E-state index contributed by atoms with van der Waals surface area (Å²) in [5, 5.41) is 0. The van der Waals surface area contributed by atoms with E-state index < -0.39 is 6.10 Å². The van der Waals surface area contributed by atoms with Gasteiger partial charge in [-0.3, -0.25) is 9.59 Å². The van der Waals surface area contributed by atoms with Gasteiger partial charge in [-0.2, -0.15) is 0 Å². The lowest BCUT2D eigenvalue weighted by Gasteiger charge is -2.12. The standard InChI is InChI=1S/C12H13NO3/c1-13-6-5-11(12(13)15)16-10-4-2-3-9(7-10)8-14/h2-4,7-8,11H,5-6H2,1H3. The fourth-order valence-electron chi connectivity index (χ4n) is 1.73. The Hall–Kier alpha value is -1.84. The van der Waals surface area contributed by atoms with Gasteiger partial charge in [0, 0.05) is 25.6 Å². The quantitative estimate of drug-likeness (QED) is 0.715. The highest BCUT2D eigenvalue weighted by Crippen LogP contribution is 2.19. The number of carbonyl (C=O) groups is 2. The van der Waals surface area contributed by atoms with Gasteiger partial charge in [0.05, 0.1) is 0 Å². The first kappa shape index (κ1) is 10.7. The lowest BCUT2D eigenvalue weighted by Crippen LogP contribution is -2.29. The molecule has 0 spiro atoms. The smallest absolute Gasteiger partial charge is 0.263 e. The van der Waals surface area contributed by atoms with E-state index in [0.29, 0.717) is 17.7 Å². The molecule has 1 atom stereocenters. The predicted octanol–water partition coefficient (Wildman–Crippen LogP) is 1.11. The first-order valence-electron chi connectivity index (χ1n) is 5.17. The number of aldehydes is 1. The third-order valence-corrected chi connectivity index (χ3v) is 2.65. The highest BCUT2D eigenvalue weighted by Gasteiger charge is 2.30. The summed E-state index contributed by atoms with van der Waals surface area (Å²) in [6.45, 7) is 0.719. The van der Waals surface area contributed by atoms with Gasteiger partial charge in [-0.15, -0.1) is 0 Å². The number of hydrogen-bond donors (Lipinski definition) is 0. The molecule has 4 nitrogen and oxygen atoms in total. The van der Waals surface area contributed by atoms with Gasteiger partial charge in [0.15, 0.2) is 6.10 Å². The molecule has 0 radical (unpaired) electrons. The monoisotopic (exact) mass is 219 g/mol. The Kier molecular flexibility index (Phi) is 2.90.